The van der Waals surface area contributed by atoms with Crippen molar-refractivity contribution in [2.75, 3.05) is 19.6 Å². The lowest BCUT2D eigenvalue weighted by atomic mass is 10.0. The van der Waals surface area contributed by atoms with Crippen LogP contribution in [0.15, 0.2) is 30.5 Å². The zero-order chi connectivity index (χ0) is 17.2. The Morgan fingerprint density at radius 1 is 1.36 bits per heavy atom. The SMILES string of the molecule is O=C(Cc1ccccc1F)N1CCc2nc([C@H]3CCNC3)ncc2C1. The number of carbonyl (C=O) groups excluding carboxylic acids is 1. The highest BCUT2D eigenvalue weighted by Crippen LogP contribution is 2.23. The molecule has 1 amide bonds. The number of hydrogen-bond donors (Lipinski definition) is 1. The van der Waals surface area contributed by atoms with Crippen LogP contribution in [0.2, 0.25) is 0 Å². The zero-order valence-corrected chi connectivity index (χ0v) is 14.0. The van der Waals surface area contributed by atoms with E-state index in [9.17, 15) is 9.18 Å². The minimum atomic E-state index is -0.327. The van der Waals surface area contributed by atoms with Gasteiger partial charge in [0.25, 0.3) is 0 Å². The Bertz CT molecular complexity index is 789. The number of hydrogen-bond acceptors (Lipinski definition) is 4. The van der Waals surface area contributed by atoms with Crippen LogP contribution in [0.3, 0.4) is 0 Å². The summed E-state index contributed by atoms with van der Waals surface area (Å²) in [6.07, 6.45) is 3.76. The van der Waals surface area contributed by atoms with E-state index >= 15 is 0 Å². The van der Waals surface area contributed by atoms with Crippen LogP contribution in [0.4, 0.5) is 4.39 Å². The van der Waals surface area contributed by atoms with Crippen LogP contribution >= 0.6 is 0 Å². The van der Waals surface area contributed by atoms with Gasteiger partial charge in [-0.3, -0.25) is 4.79 Å². The molecule has 1 N–H and O–H groups in total. The van der Waals surface area contributed by atoms with Gasteiger partial charge in [0.1, 0.15) is 11.6 Å². The number of rotatable bonds is 3. The van der Waals surface area contributed by atoms with Crippen molar-refractivity contribution < 1.29 is 9.18 Å². The molecule has 1 saturated heterocycles. The first-order valence-corrected chi connectivity index (χ1v) is 8.77. The van der Waals surface area contributed by atoms with E-state index in [1.165, 1.54) is 6.07 Å². The molecule has 0 saturated carbocycles. The van der Waals surface area contributed by atoms with E-state index in [0.717, 1.165) is 43.0 Å². The van der Waals surface area contributed by atoms with E-state index in [1.54, 1.807) is 23.1 Å². The van der Waals surface area contributed by atoms with E-state index < -0.39 is 0 Å². The van der Waals surface area contributed by atoms with Gasteiger partial charge < -0.3 is 10.2 Å². The first-order valence-electron chi connectivity index (χ1n) is 8.77. The van der Waals surface area contributed by atoms with Crippen LogP contribution in [-0.4, -0.2) is 40.4 Å². The Hall–Kier alpha value is -2.34. The molecule has 0 unspecified atom stereocenters. The molecule has 1 atom stereocenters. The summed E-state index contributed by atoms with van der Waals surface area (Å²) in [7, 11) is 0. The Morgan fingerprint density at radius 2 is 2.24 bits per heavy atom. The maximum absolute atomic E-state index is 13.8. The molecule has 5 nitrogen and oxygen atoms in total. The normalized spacial score (nSPS) is 19.7. The molecule has 2 aromatic rings. The number of amides is 1. The molecule has 1 aromatic heterocycles. The summed E-state index contributed by atoms with van der Waals surface area (Å²) in [5.41, 5.74) is 2.49. The lowest BCUT2D eigenvalue weighted by molar-refractivity contribution is -0.131. The fraction of sp³-hybridized carbons (Fsp3) is 0.421. The van der Waals surface area contributed by atoms with Gasteiger partial charge in [-0.1, -0.05) is 18.2 Å². The molecule has 0 spiro atoms. The third kappa shape index (κ3) is 3.39. The highest BCUT2D eigenvalue weighted by atomic mass is 19.1. The second-order valence-electron chi connectivity index (χ2n) is 6.72. The molecule has 130 valence electrons. The van der Waals surface area contributed by atoms with Crippen molar-refractivity contribution in [1.29, 1.82) is 0 Å². The smallest absolute Gasteiger partial charge is 0.227 e. The molecule has 4 rings (SSSR count). The Labute approximate surface area is 146 Å². The van der Waals surface area contributed by atoms with Crippen LogP contribution in [0.25, 0.3) is 0 Å². The molecule has 3 heterocycles. The number of fused-ring (bicyclic) bond motifs is 1. The van der Waals surface area contributed by atoms with Gasteiger partial charge in [0.15, 0.2) is 0 Å². The van der Waals surface area contributed by atoms with Gasteiger partial charge in [0.2, 0.25) is 5.91 Å². The summed E-state index contributed by atoms with van der Waals surface area (Å²) in [5, 5.41) is 3.34. The van der Waals surface area contributed by atoms with Crippen molar-refractivity contribution in [2.24, 2.45) is 0 Å². The van der Waals surface area contributed by atoms with Crippen LogP contribution in [0.1, 0.15) is 35.0 Å². The monoisotopic (exact) mass is 340 g/mol. The van der Waals surface area contributed by atoms with Gasteiger partial charge in [0, 0.05) is 43.7 Å². The molecule has 0 aliphatic carbocycles. The average Bonchev–Trinajstić information content (AvgIpc) is 3.17. The number of carbonyl (C=O) groups is 1. The van der Waals surface area contributed by atoms with Crippen LogP contribution in [0, 0.1) is 5.82 Å². The Kier molecular flexibility index (Phi) is 4.44. The van der Waals surface area contributed by atoms with Crippen molar-refractivity contribution in [2.45, 2.75) is 31.7 Å². The van der Waals surface area contributed by atoms with Crippen LogP contribution in [-0.2, 0) is 24.2 Å². The summed E-state index contributed by atoms with van der Waals surface area (Å²) in [6, 6.07) is 6.44. The first kappa shape index (κ1) is 16.1. The molecule has 0 bridgehead atoms. The van der Waals surface area contributed by atoms with Gasteiger partial charge in [-0.2, -0.15) is 0 Å². The molecule has 1 aromatic carbocycles. The lowest BCUT2D eigenvalue weighted by Gasteiger charge is -2.28. The maximum Gasteiger partial charge on any atom is 0.227 e. The molecular formula is C19H21FN4O. The Morgan fingerprint density at radius 3 is 3.04 bits per heavy atom. The molecule has 0 radical (unpaired) electrons. The summed E-state index contributed by atoms with van der Waals surface area (Å²) < 4.78 is 13.8. The third-order valence-corrected chi connectivity index (χ3v) is 5.03. The maximum atomic E-state index is 13.8. The molecule has 25 heavy (non-hydrogen) atoms. The quantitative estimate of drug-likeness (QED) is 0.926. The van der Waals surface area contributed by atoms with Gasteiger partial charge in [0.05, 0.1) is 12.1 Å². The number of nitrogens with one attached hydrogen (secondary N) is 1. The Balaban J connectivity index is 1.45. The van der Waals surface area contributed by atoms with Crippen LogP contribution in [0.5, 0.6) is 0 Å². The van der Waals surface area contributed by atoms with Gasteiger partial charge >= 0.3 is 0 Å². The molecule has 1 fully saturated rings. The molecule has 2 aliphatic rings. The van der Waals surface area contributed by atoms with Crippen molar-refractivity contribution >= 4 is 5.91 Å². The molecular weight excluding hydrogens is 319 g/mol. The molecule has 2 aliphatic heterocycles. The van der Waals surface area contributed by atoms with E-state index in [-0.39, 0.29) is 18.1 Å². The number of halogens is 1. The minimum absolute atomic E-state index is 0.0557. The van der Waals surface area contributed by atoms with E-state index in [1.807, 2.05) is 6.20 Å². The number of aromatic nitrogens is 2. The van der Waals surface area contributed by atoms with Gasteiger partial charge in [-0.05, 0) is 24.6 Å². The predicted octanol–water partition coefficient (Wildman–Crippen LogP) is 1.82. The van der Waals surface area contributed by atoms with Gasteiger partial charge in [-0.15, -0.1) is 0 Å². The average molecular weight is 340 g/mol. The van der Waals surface area contributed by atoms with Gasteiger partial charge in [-0.25, -0.2) is 14.4 Å². The second-order valence-corrected chi connectivity index (χ2v) is 6.72. The van der Waals surface area contributed by atoms with E-state index in [4.69, 9.17) is 4.98 Å². The summed E-state index contributed by atoms with van der Waals surface area (Å²) in [4.78, 5) is 23.5. The molecule has 6 heteroatoms. The summed E-state index contributed by atoms with van der Waals surface area (Å²) in [5.74, 6) is 0.923. The predicted molar refractivity (Wildman–Crippen MR) is 91.5 cm³/mol. The van der Waals surface area contributed by atoms with E-state index in [0.29, 0.717) is 24.6 Å². The zero-order valence-electron chi connectivity index (χ0n) is 14.0. The van der Waals surface area contributed by atoms with Crippen molar-refractivity contribution in [3.63, 3.8) is 0 Å². The highest BCUT2D eigenvalue weighted by molar-refractivity contribution is 5.79. The fourth-order valence-electron chi connectivity index (χ4n) is 3.53. The fourth-order valence-corrected chi connectivity index (χ4v) is 3.53. The first-order chi connectivity index (χ1) is 12.2. The van der Waals surface area contributed by atoms with Crippen molar-refractivity contribution in [1.82, 2.24) is 20.2 Å². The highest BCUT2D eigenvalue weighted by Gasteiger charge is 2.25. The third-order valence-electron chi connectivity index (χ3n) is 5.03. The summed E-state index contributed by atoms with van der Waals surface area (Å²) >= 11 is 0. The lowest BCUT2D eigenvalue weighted by Crippen LogP contribution is -2.37. The van der Waals surface area contributed by atoms with E-state index in [2.05, 4.69) is 10.3 Å². The standard InChI is InChI=1S/C19H21FN4O/c20-16-4-2-1-3-13(16)9-18(25)24-8-6-17-15(12-24)11-22-19(23-17)14-5-7-21-10-14/h1-4,11,14,21H,5-10,12H2/t14-/m0/s1. The van der Waals surface area contributed by atoms with Crippen molar-refractivity contribution in [3.8, 4) is 0 Å². The largest absolute Gasteiger partial charge is 0.338 e. The number of nitrogens with zero attached hydrogens (tertiary/aromatic N) is 3. The number of benzene rings is 1. The van der Waals surface area contributed by atoms with Crippen LogP contribution < -0.4 is 5.32 Å². The summed E-state index contributed by atoms with van der Waals surface area (Å²) in [6.45, 7) is 3.08. The minimum Gasteiger partial charge on any atom is -0.338 e. The second kappa shape index (κ2) is 6.88. The topological polar surface area (TPSA) is 58.1 Å². The van der Waals surface area contributed by atoms with Crippen molar-refractivity contribution in [3.05, 3.63) is 58.9 Å².